The van der Waals surface area contributed by atoms with Crippen LogP contribution in [-0.2, 0) is 6.18 Å². The number of hydrogen-bond donors (Lipinski definition) is 1. The summed E-state index contributed by atoms with van der Waals surface area (Å²) < 4.78 is 42.3. The Kier molecular flexibility index (Phi) is 4.12. The monoisotopic (exact) mass is 345 g/mol. The van der Waals surface area contributed by atoms with Gasteiger partial charge in [-0.1, -0.05) is 48.5 Å². The van der Waals surface area contributed by atoms with Crippen LogP contribution in [0.2, 0.25) is 0 Å². The number of carboxylic acids is 1. The van der Waals surface area contributed by atoms with E-state index in [0.29, 0.717) is 5.56 Å². The van der Waals surface area contributed by atoms with Crippen molar-refractivity contribution in [3.63, 3.8) is 0 Å². The van der Waals surface area contributed by atoms with Gasteiger partial charge in [-0.15, -0.1) is 0 Å². The van der Waals surface area contributed by atoms with Crippen LogP contribution in [0.15, 0.2) is 60.7 Å². The van der Waals surface area contributed by atoms with Gasteiger partial charge in [0.05, 0.1) is 5.56 Å². The molecule has 0 aliphatic rings. The van der Waals surface area contributed by atoms with E-state index < -0.39 is 23.4 Å². The highest BCUT2D eigenvalue weighted by molar-refractivity contribution is 5.99. The highest BCUT2D eigenvalue weighted by atomic mass is 19.4. The Balaban J connectivity index is 2.46. The van der Waals surface area contributed by atoms with Crippen LogP contribution >= 0.6 is 0 Å². The normalized spacial score (nSPS) is 11.5. The molecule has 25 heavy (non-hydrogen) atoms. The van der Waals surface area contributed by atoms with Crippen LogP contribution in [0.25, 0.3) is 16.8 Å². The first-order valence-corrected chi connectivity index (χ1v) is 7.49. The highest BCUT2D eigenvalue weighted by Crippen LogP contribution is 2.42. The molecular formula is C19H14F3NO2. The van der Waals surface area contributed by atoms with Gasteiger partial charge in [-0.2, -0.15) is 13.2 Å². The zero-order chi connectivity index (χ0) is 18.2. The van der Waals surface area contributed by atoms with E-state index in [4.69, 9.17) is 0 Å². The molecule has 3 rings (SSSR count). The van der Waals surface area contributed by atoms with Gasteiger partial charge in [0, 0.05) is 16.9 Å². The van der Waals surface area contributed by atoms with Crippen LogP contribution in [0, 0.1) is 6.92 Å². The molecule has 1 aromatic heterocycles. The Morgan fingerprint density at radius 2 is 1.48 bits per heavy atom. The molecular weight excluding hydrogens is 331 g/mol. The van der Waals surface area contributed by atoms with E-state index in [1.807, 2.05) is 0 Å². The summed E-state index contributed by atoms with van der Waals surface area (Å²) in [7, 11) is 0. The van der Waals surface area contributed by atoms with Gasteiger partial charge < -0.3 is 9.67 Å². The number of rotatable bonds is 3. The number of aromatic nitrogens is 1. The second-order valence-electron chi connectivity index (χ2n) is 5.52. The fourth-order valence-corrected chi connectivity index (χ4v) is 3.03. The molecule has 1 heterocycles. The number of benzene rings is 2. The first-order chi connectivity index (χ1) is 11.8. The second-order valence-corrected chi connectivity index (χ2v) is 5.52. The van der Waals surface area contributed by atoms with Crippen molar-refractivity contribution in [3.8, 4) is 16.8 Å². The second kappa shape index (κ2) is 6.12. The first kappa shape index (κ1) is 16.8. The van der Waals surface area contributed by atoms with E-state index >= 15 is 0 Å². The van der Waals surface area contributed by atoms with Crippen LogP contribution < -0.4 is 0 Å². The van der Waals surface area contributed by atoms with Crippen LogP contribution in [0.1, 0.15) is 21.7 Å². The van der Waals surface area contributed by atoms with E-state index in [2.05, 4.69) is 0 Å². The quantitative estimate of drug-likeness (QED) is 0.711. The summed E-state index contributed by atoms with van der Waals surface area (Å²) in [5, 5.41) is 9.54. The molecule has 3 aromatic rings. The molecule has 0 radical (unpaired) electrons. The average Bonchev–Trinajstić information content (AvgIpc) is 2.90. The van der Waals surface area contributed by atoms with E-state index in [0.717, 1.165) is 4.57 Å². The molecule has 2 aromatic carbocycles. The predicted octanol–water partition coefficient (Wildman–Crippen LogP) is 5.17. The highest BCUT2D eigenvalue weighted by Gasteiger charge is 2.43. The van der Waals surface area contributed by atoms with Gasteiger partial charge in [0.15, 0.2) is 0 Å². The lowest BCUT2D eigenvalue weighted by molar-refractivity contribution is -0.142. The Bertz CT molecular complexity index is 913. The molecule has 0 fully saturated rings. The molecule has 1 N–H and O–H groups in total. The minimum absolute atomic E-state index is 0.0734. The summed E-state index contributed by atoms with van der Waals surface area (Å²) >= 11 is 0. The van der Waals surface area contributed by atoms with E-state index in [1.165, 1.54) is 19.1 Å². The summed E-state index contributed by atoms with van der Waals surface area (Å²) in [6, 6.07) is 16.2. The lowest BCUT2D eigenvalue weighted by atomic mass is 10.0. The predicted molar refractivity (Wildman–Crippen MR) is 87.9 cm³/mol. The van der Waals surface area contributed by atoms with Gasteiger partial charge in [0.25, 0.3) is 0 Å². The lowest BCUT2D eigenvalue weighted by Gasteiger charge is -2.14. The maximum atomic E-state index is 13.8. The number of alkyl halides is 3. The molecule has 128 valence electrons. The summed E-state index contributed by atoms with van der Waals surface area (Å²) in [5.41, 5.74) is -0.927. The Hall–Kier alpha value is -3.02. The van der Waals surface area contributed by atoms with Gasteiger partial charge >= 0.3 is 12.1 Å². The number of nitrogens with zero attached hydrogens (tertiary/aromatic N) is 1. The third-order valence-electron chi connectivity index (χ3n) is 3.97. The summed E-state index contributed by atoms with van der Waals surface area (Å²) in [5.74, 6) is -1.61. The molecule has 0 saturated heterocycles. The largest absolute Gasteiger partial charge is 0.478 e. The molecule has 3 nitrogen and oxygen atoms in total. The molecule has 0 aliphatic heterocycles. The smallest absolute Gasteiger partial charge is 0.432 e. The summed E-state index contributed by atoms with van der Waals surface area (Å²) in [6.45, 7) is 1.50. The van der Waals surface area contributed by atoms with Crippen molar-refractivity contribution in [2.24, 2.45) is 0 Å². The maximum Gasteiger partial charge on any atom is 0.432 e. The minimum atomic E-state index is -4.82. The van der Waals surface area contributed by atoms with Gasteiger partial charge in [0.1, 0.15) is 5.69 Å². The Morgan fingerprint density at radius 3 is 1.96 bits per heavy atom. The third-order valence-corrected chi connectivity index (χ3v) is 3.97. The number of carboxylic acid groups (broad SMARTS) is 1. The number of hydrogen-bond acceptors (Lipinski definition) is 1. The van der Waals surface area contributed by atoms with Crippen LogP contribution in [0.3, 0.4) is 0 Å². The number of halogens is 3. The van der Waals surface area contributed by atoms with Gasteiger partial charge in [0.2, 0.25) is 0 Å². The third kappa shape index (κ3) is 2.91. The number of aromatic carboxylic acids is 1. The van der Waals surface area contributed by atoms with Crippen molar-refractivity contribution in [1.29, 1.82) is 0 Å². The molecule has 0 aliphatic carbocycles. The lowest BCUT2D eigenvalue weighted by Crippen LogP contribution is -2.17. The summed E-state index contributed by atoms with van der Waals surface area (Å²) in [4.78, 5) is 11.7. The average molecular weight is 345 g/mol. The van der Waals surface area contributed by atoms with E-state index in [9.17, 15) is 23.1 Å². The van der Waals surface area contributed by atoms with Crippen LogP contribution in [-0.4, -0.2) is 15.6 Å². The molecule has 0 saturated carbocycles. The molecule has 0 amide bonds. The first-order valence-electron chi connectivity index (χ1n) is 7.49. The SMILES string of the molecule is Cc1c(-c2ccccc2)c(C(=O)O)c(C(F)(F)F)n1-c1ccccc1. The van der Waals surface area contributed by atoms with E-state index in [-0.39, 0.29) is 16.9 Å². The zero-order valence-corrected chi connectivity index (χ0v) is 13.2. The van der Waals surface area contributed by atoms with Gasteiger partial charge in [-0.25, -0.2) is 4.79 Å². The summed E-state index contributed by atoms with van der Waals surface area (Å²) in [6.07, 6.45) is -4.82. The van der Waals surface area contributed by atoms with E-state index in [1.54, 1.807) is 48.5 Å². The topological polar surface area (TPSA) is 42.2 Å². The molecule has 0 atom stereocenters. The van der Waals surface area contributed by atoms with Gasteiger partial charge in [-0.05, 0) is 24.6 Å². The van der Waals surface area contributed by atoms with Crippen molar-refractivity contribution >= 4 is 5.97 Å². The van der Waals surface area contributed by atoms with Crippen molar-refractivity contribution in [3.05, 3.63) is 77.6 Å². The Morgan fingerprint density at radius 1 is 0.960 bits per heavy atom. The standard InChI is InChI=1S/C19H14F3NO2/c1-12-15(13-8-4-2-5-9-13)16(18(24)25)17(19(20,21)22)23(12)14-10-6-3-7-11-14/h2-11H,1H3,(H,24,25). The van der Waals surface area contributed by atoms with Crippen molar-refractivity contribution in [2.75, 3.05) is 0 Å². The fraction of sp³-hybridized carbons (Fsp3) is 0.105. The van der Waals surface area contributed by atoms with Crippen molar-refractivity contribution in [1.82, 2.24) is 4.57 Å². The molecule has 0 unspecified atom stereocenters. The maximum absolute atomic E-state index is 13.8. The van der Waals surface area contributed by atoms with Gasteiger partial charge in [-0.3, -0.25) is 0 Å². The fourth-order valence-electron chi connectivity index (χ4n) is 3.03. The Labute approximate surface area is 142 Å². The molecule has 0 bridgehead atoms. The molecule has 6 heteroatoms. The van der Waals surface area contributed by atoms with Crippen molar-refractivity contribution in [2.45, 2.75) is 13.1 Å². The minimum Gasteiger partial charge on any atom is -0.478 e. The zero-order valence-electron chi connectivity index (χ0n) is 13.2. The number of para-hydroxylation sites is 1. The molecule has 0 spiro atoms. The number of carbonyl (C=O) groups is 1. The van der Waals surface area contributed by atoms with Crippen LogP contribution in [0.4, 0.5) is 13.2 Å². The van der Waals surface area contributed by atoms with Crippen molar-refractivity contribution < 1.29 is 23.1 Å². The van der Waals surface area contributed by atoms with Crippen LogP contribution in [0.5, 0.6) is 0 Å².